The summed E-state index contributed by atoms with van der Waals surface area (Å²) in [6, 6.07) is 12.7. The second-order valence-corrected chi connectivity index (χ2v) is 6.63. The monoisotopic (exact) mass is 434 g/mol. The normalized spacial score (nSPS) is 11.5. The van der Waals surface area contributed by atoms with Gasteiger partial charge in [-0.2, -0.15) is 5.10 Å². The number of hydrazone groups is 1. The Morgan fingerprint density at radius 3 is 2.40 bits per heavy atom. The number of alkyl halides is 3. The summed E-state index contributed by atoms with van der Waals surface area (Å²) in [4.78, 5) is 5.98. The summed E-state index contributed by atoms with van der Waals surface area (Å²) in [5.74, 6) is 0.172. The Morgan fingerprint density at radius 1 is 1.13 bits per heavy atom. The predicted molar refractivity (Wildman–Crippen MR) is 110 cm³/mol. The lowest BCUT2D eigenvalue weighted by Crippen LogP contribution is -2.30. The number of thiocarbonyl (C=S) groups is 1. The highest BCUT2D eigenvalue weighted by Crippen LogP contribution is 2.24. The third kappa shape index (κ3) is 5.77. The zero-order chi connectivity index (χ0) is 21.7. The molecule has 0 aliphatic rings. The molecule has 0 fully saturated rings. The fourth-order valence-electron chi connectivity index (χ4n) is 2.30. The van der Waals surface area contributed by atoms with E-state index in [2.05, 4.69) is 25.3 Å². The molecule has 156 valence electrons. The molecular formula is C19H17F3N6OS. The standard InChI is InChI=1S/C19H17F3N6OS/c1-27(2)18(30)25-24-11-13-3-5-14(6-4-13)17-23-12-28(26-17)15-7-9-16(10-8-15)29-19(20,21)22/h3-12H,1-2H3,(H,25,30). The lowest BCUT2D eigenvalue weighted by atomic mass is 10.1. The topological polar surface area (TPSA) is 67.6 Å². The maximum Gasteiger partial charge on any atom is 0.573 e. The van der Waals surface area contributed by atoms with Gasteiger partial charge in [-0.05, 0) is 42.0 Å². The molecule has 1 aromatic heterocycles. The Bertz CT molecular complexity index is 1030. The molecule has 0 amide bonds. The van der Waals surface area contributed by atoms with Gasteiger partial charge in [-0.15, -0.1) is 18.3 Å². The largest absolute Gasteiger partial charge is 0.573 e. The third-order valence-corrected chi connectivity index (χ3v) is 4.23. The Labute approximate surface area is 175 Å². The van der Waals surface area contributed by atoms with Crippen LogP contribution in [0.4, 0.5) is 13.2 Å². The van der Waals surface area contributed by atoms with Crippen molar-refractivity contribution in [3.05, 3.63) is 60.4 Å². The Kier molecular flexibility index (Phi) is 6.31. The summed E-state index contributed by atoms with van der Waals surface area (Å²) in [5, 5.41) is 8.92. The molecule has 3 rings (SSSR count). The van der Waals surface area contributed by atoms with Crippen LogP contribution in [0.2, 0.25) is 0 Å². The van der Waals surface area contributed by atoms with Gasteiger partial charge in [-0.3, -0.25) is 5.43 Å². The van der Waals surface area contributed by atoms with E-state index in [4.69, 9.17) is 12.2 Å². The Morgan fingerprint density at radius 2 is 1.80 bits per heavy atom. The van der Waals surface area contributed by atoms with E-state index in [1.807, 2.05) is 38.4 Å². The molecule has 0 radical (unpaired) electrons. The number of benzene rings is 2. The molecule has 0 aliphatic carbocycles. The van der Waals surface area contributed by atoms with E-state index < -0.39 is 6.36 Å². The summed E-state index contributed by atoms with van der Waals surface area (Å²) < 4.78 is 42.1. The lowest BCUT2D eigenvalue weighted by Gasteiger charge is -2.11. The van der Waals surface area contributed by atoms with E-state index in [1.165, 1.54) is 35.3 Å². The van der Waals surface area contributed by atoms with E-state index in [1.54, 1.807) is 11.1 Å². The first-order valence-electron chi connectivity index (χ1n) is 8.60. The van der Waals surface area contributed by atoms with Crippen molar-refractivity contribution >= 4 is 23.5 Å². The molecular weight excluding hydrogens is 417 g/mol. The highest BCUT2D eigenvalue weighted by molar-refractivity contribution is 7.80. The van der Waals surface area contributed by atoms with E-state index in [0.29, 0.717) is 16.6 Å². The van der Waals surface area contributed by atoms with Crippen LogP contribution in [0.15, 0.2) is 60.0 Å². The van der Waals surface area contributed by atoms with Crippen LogP contribution in [-0.2, 0) is 0 Å². The van der Waals surface area contributed by atoms with Crippen LogP contribution < -0.4 is 10.2 Å². The molecule has 1 N–H and O–H groups in total. The number of nitrogens with zero attached hydrogens (tertiary/aromatic N) is 5. The number of aromatic nitrogens is 3. The first kappa shape index (κ1) is 21.2. The minimum Gasteiger partial charge on any atom is -0.406 e. The van der Waals surface area contributed by atoms with Crippen molar-refractivity contribution in [2.45, 2.75) is 6.36 Å². The van der Waals surface area contributed by atoms with Crippen LogP contribution in [0.3, 0.4) is 0 Å². The summed E-state index contributed by atoms with van der Waals surface area (Å²) >= 11 is 5.08. The van der Waals surface area contributed by atoms with Gasteiger partial charge in [0.25, 0.3) is 0 Å². The fourth-order valence-corrected chi connectivity index (χ4v) is 2.35. The van der Waals surface area contributed by atoms with Crippen LogP contribution in [-0.4, -0.2) is 51.4 Å². The molecule has 3 aromatic rings. The third-order valence-electron chi connectivity index (χ3n) is 3.78. The Hall–Kier alpha value is -3.47. The molecule has 0 saturated heterocycles. The van der Waals surface area contributed by atoms with E-state index in [-0.39, 0.29) is 5.75 Å². The van der Waals surface area contributed by atoms with Gasteiger partial charge in [-0.1, -0.05) is 24.3 Å². The molecule has 7 nitrogen and oxygen atoms in total. The minimum absolute atomic E-state index is 0.301. The Balaban J connectivity index is 1.67. The quantitative estimate of drug-likeness (QED) is 0.376. The molecule has 30 heavy (non-hydrogen) atoms. The van der Waals surface area contributed by atoms with Crippen molar-refractivity contribution in [1.82, 2.24) is 25.1 Å². The van der Waals surface area contributed by atoms with E-state index in [9.17, 15) is 13.2 Å². The number of nitrogens with one attached hydrogen (secondary N) is 1. The van der Waals surface area contributed by atoms with Crippen LogP contribution in [0, 0.1) is 0 Å². The molecule has 2 aromatic carbocycles. The smallest absolute Gasteiger partial charge is 0.406 e. The number of hydrogen-bond donors (Lipinski definition) is 1. The van der Waals surface area contributed by atoms with Crippen LogP contribution >= 0.6 is 12.2 Å². The van der Waals surface area contributed by atoms with Crippen LogP contribution in [0.5, 0.6) is 5.75 Å². The number of hydrogen-bond acceptors (Lipinski definition) is 5. The summed E-state index contributed by atoms with van der Waals surface area (Å²) in [7, 11) is 3.63. The highest BCUT2D eigenvalue weighted by atomic mass is 32.1. The van der Waals surface area contributed by atoms with Crippen molar-refractivity contribution in [2.24, 2.45) is 5.10 Å². The molecule has 0 bridgehead atoms. The summed E-state index contributed by atoms with van der Waals surface area (Å²) in [5.41, 5.74) is 4.92. The van der Waals surface area contributed by atoms with Gasteiger partial charge < -0.3 is 9.64 Å². The van der Waals surface area contributed by atoms with Gasteiger partial charge in [0.05, 0.1) is 11.9 Å². The molecule has 0 saturated carbocycles. The molecule has 0 spiro atoms. The zero-order valence-electron chi connectivity index (χ0n) is 16.0. The lowest BCUT2D eigenvalue weighted by molar-refractivity contribution is -0.274. The number of halogens is 3. The van der Waals surface area contributed by atoms with Crippen molar-refractivity contribution < 1.29 is 17.9 Å². The number of ether oxygens (including phenoxy) is 1. The maximum atomic E-state index is 12.3. The zero-order valence-corrected chi connectivity index (χ0v) is 16.8. The maximum absolute atomic E-state index is 12.3. The van der Waals surface area contributed by atoms with Crippen molar-refractivity contribution in [2.75, 3.05) is 14.1 Å². The van der Waals surface area contributed by atoms with Gasteiger partial charge in [0.15, 0.2) is 10.9 Å². The molecule has 0 aliphatic heterocycles. The van der Waals surface area contributed by atoms with Crippen molar-refractivity contribution in [1.29, 1.82) is 0 Å². The second-order valence-electron chi connectivity index (χ2n) is 6.25. The molecule has 0 unspecified atom stereocenters. The van der Waals surface area contributed by atoms with Gasteiger partial charge in [-0.25, -0.2) is 9.67 Å². The fraction of sp³-hybridized carbons (Fsp3) is 0.158. The van der Waals surface area contributed by atoms with Crippen molar-refractivity contribution in [3.63, 3.8) is 0 Å². The van der Waals surface area contributed by atoms with Crippen LogP contribution in [0.1, 0.15) is 5.56 Å². The average Bonchev–Trinajstić information content (AvgIpc) is 3.18. The summed E-state index contributed by atoms with van der Waals surface area (Å²) in [6.45, 7) is 0. The molecule has 1 heterocycles. The number of rotatable bonds is 5. The van der Waals surface area contributed by atoms with E-state index in [0.717, 1.165) is 11.1 Å². The first-order chi connectivity index (χ1) is 14.2. The second kappa shape index (κ2) is 8.91. The van der Waals surface area contributed by atoms with Gasteiger partial charge >= 0.3 is 6.36 Å². The minimum atomic E-state index is -4.73. The van der Waals surface area contributed by atoms with Crippen LogP contribution in [0.25, 0.3) is 17.1 Å². The first-order valence-corrected chi connectivity index (χ1v) is 9.01. The molecule has 0 atom stereocenters. The van der Waals surface area contributed by atoms with Gasteiger partial charge in [0.1, 0.15) is 12.1 Å². The predicted octanol–water partition coefficient (Wildman–Crippen LogP) is 3.60. The summed E-state index contributed by atoms with van der Waals surface area (Å²) in [6.07, 6.45) is -1.61. The SMILES string of the molecule is CN(C)C(=S)NN=Cc1ccc(-c2ncn(-c3ccc(OC(F)(F)F)cc3)n2)cc1. The molecule has 11 heteroatoms. The van der Waals surface area contributed by atoms with E-state index >= 15 is 0 Å². The highest BCUT2D eigenvalue weighted by Gasteiger charge is 2.30. The van der Waals surface area contributed by atoms with Gasteiger partial charge in [0.2, 0.25) is 0 Å². The van der Waals surface area contributed by atoms with Crippen molar-refractivity contribution in [3.8, 4) is 22.8 Å². The average molecular weight is 434 g/mol. The van der Waals surface area contributed by atoms with Gasteiger partial charge in [0, 0.05) is 19.7 Å².